The number of rotatable bonds is 3. The first-order valence-corrected chi connectivity index (χ1v) is 5.85. The van der Waals surface area contributed by atoms with Crippen LogP contribution >= 0.6 is 0 Å². The molecule has 1 saturated carbocycles. The van der Waals surface area contributed by atoms with Crippen molar-refractivity contribution in [2.45, 2.75) is 44.3 Å². The van der Waals surface area contributed by atoms with Crippen LogP contribution < -0.4 is 5.73 Å². The molecule has 0 spiro atoms. The third kappa shape index (κ3) is 2.96. The first-order valence-electron chi connectivity index (χ1n) is 5.85. The summed E-state index contributed by atoms with van der Waals surface area (Å²) in [6, 6.07) is 1.62. The van der Waals surface area contributed by atoms with Crippen LogP contribution in [0.15, 0.2) is 12.3 Å². The summed E-state index contributed by atoms with van der Waals surface area (Å²) in [6.45, 7) is -2.60. The summed E-state index contributed by atoms with van der Waals surface area (Å²) in [5, 5.41) is 3.85. The molecular formula is C11H15F2N3O2. The molecule has 0 aromatic carbocycles. The van der Waals surface area contributed by atoms with E-state index in [0.29, 0.717) is 23.2 Å². The van der Waals surface area contributed by atoms with Crippen LogP contribution in [0.3, 0.4) is 0 Å². The summed E-state index contributed by atoms with van der Waals surface area (Å²) in [5.74, 6) is 0.151. The lowest BCUT2D eigenvalue weighted by Crippen LogP contribution is -2.26. The van der Waals surface area contributed by atoms with Crippen molar-refractivity contribution in [1.82, 2.24) is 9.78 Å². The predicted octanol–water partition coefficient (Wildman–Crippen LogP) is 2.40. The quantitative estimate of drug-likeness (QED) is 0.906. The standard InChI is InChI=1S/C11H15F2N3O2/c12-10(13)16-6-5-9(15-16)7-1-3-8(4-2-7)18-11(14)17/h5-8,10H,1-4H2,(H2,14,17). The summed E-state index contributed by atoms with van der Waals surface area (Å²) >= 11 is 0. The van der Waals surface area contributed by atoms with Gasteiger partial charge in [0.25, 0.3) is 0 Å². The summed E-state index contributed by atoms with van der Waals surface area (Å²) in [4.78, 5) is 10.6. The average molecular weight is 259 g/mol. The van der Waals surface area contributed by atoms with Gasteiger partial charge in [0.15, 0.2) is 0 Å². The fraction of sp³-hybridized carbons (Fsp3) is 0.636. The molecule has 0 radical (unpaired) electrons. The second-order valence-corrected chi connectivity index (χ2v) is 4.41. The van der Waals surface area contributed by atoms with Crippen LogP contribution in [0, 0.1) is 0 Å². The van der Waals surface area contributed by atoms with Crippen LogP contribution in [0.4, 0.5) is 13.6 Å². The number of nitrogens with zero attached hydrogens (tertiary/aromatic N) is 2. The number of aromatic nitrogens is 2. The van der Waals surface area contributed by atoms with Gasteiger partial charge in [0.2, 0.25) is 0 Å². The van der Waals surface area contributed by atoms with E-state index in [1.807, 2.05) is 0 Å². The van der Waals surface area contributed by atoms with E-state index in [1.54, 1.807) is 6.07 Å². The first kappa shape index (κ1) is 12.8. The minimum atomic E-state index is -2.60. The number of carbonyl (C=O) groups is 1. The highest BCUT2D eigenvalue weighted by Gasteiger charge is 2.26. The number of carbonyl (C=O) groups excluding carboxylic acids is 1. The summed E-state index contributed by atoms with van der Waals surface area (Å²) in [5.41, 5.74) is 5.62. The van der Waals surface area contributed by atoms with Crippen LogP contribution in [0.25, 0.3) is 0 Å². The van der Waals surface area contributed by atoms with E-state index in [1.165, 1.54) is 6.20 Å². The molecule has 1 aliphatic carbocycles. The lowest BCUT2D eigenvalue weighted by molar-refractivity contribution is 0.0550. The van der Waals surface area contributed by atoms with E-state index >= 15 is 0 Å². The highest BCUT2D eigenvalue weighted by molar-refractivity contribution is 5.64. The fourth-order valence-corrected chi connectivity index (χ4v) is 2.32. The molecule has 5 nitrogen and oxygen atoms in total. The van der Waals surface area contributed by atoms with Gasteiger partial charge in [-0.3, -0.25) is 0 Å². The zero-order valence-corrected chi connectivity index (χ0v) is 9.76. The third-order valence-electron chi connectivity index (χ3n) is 3.20. The molecule has 0 unspecified atom stereocenters. The van der Waals surface area contributed by atoms with E-state index in [4.69, 9.17) is 10.5 Å². The molecular weight excluding hydrogens is 244 g/mol. The summed E-state index contributed by atoms with van der Waals surface area (Å²) < 4.78 is 30.3. The SMILES string of the molecule is NC(=O)OC1CCC(c2ccn(C(F)F)n2)CC1. The lowest BCUT2D eigenvalue weighted by Gasteiger charge is -2.26. The van der Waals surface area contributed by atoms with Crippen LogP contribution in [0.2, 0.25) is 0 Å². The van der Waals surface area contributed by atoms with Crippen molar-refractivity contribution in [2.24, 2.45) is 5.73 Å². The van der Waals surface area contributed by atoms with Crippen molar-refractivity contribution in [3.63, 3.8) is 0 Å². The summed E-state index contributed by atoms with van der Waals surface area (Å²) in [7, 11) is 0. The van der Waals surface area contributed by atoms with Crippen LogP contribution in [0.1, 0.15) is 43.8 Å². The Bertz CT molecular complexity index is 414. The van der Waals surface area contributed by atoms with Gasteiger partial charge in [-0.15, -0.1) is 0 Å². The maximum atomic E-state index is 12.4. The van der Waals surface area contributed by atoms with Crippen molar-refractivity contribution in [1.29, 1.82) is 0 Å². The summed E-state index contributed by atoms with van der Waals surface area (Å²) in [6.07, 6.45) is 3.27. The van der Waals surface area contributed by atoms with Gasteiger partial charge in [0, 0.05) is 12.1 Å². The Balaban J connectivity index is 1.90. The van der Waals surface area contributed by atoms with Gasteiger partial charge in [-0.25, -0.2) is 9.48 Å². The van der Waals surface area contributed by atoms with E-state index < -0.39 is 12.6 Å². The predicted molar refractivity (Wildman–Crippen MR) is 59.1 cm³/mol. The molecule has 0 atom stereocenters. The maximum Gasteiger partial charge on any atom is 0.404 e. The Hall–Kier alpha value is -1.66. The molecule has 100 valence electrons. The lowest BCUT2D eigenvalue weighted by atomic mass is 9.85. The van der Waals surface area contributed by atoms with Crippen molar-refractivity contribution in [3.05, 3.63) is 18.0 Å². The van der Waals surface area contributed by atoms with Gasteiger partial charge in [-0.05, 0) is 31.7 Å². The topological polar surface area (TPSA) is 70.1 Å². The molecule has 1 aliphatic rings. The molecule has 18 heavy (non-hydrogen) atoms. The van der Waals surface area contributed by atoms with Crippen molar-refractivity contribution >= 4 is 6.09 Å². The largest absolute Gasteiger partial charge is 0.446 e. The van der Waals surface area contributed by atoms with Crippen molar-refractivity contribution < 1.29 is 18.3 Å². The molecule has 0 saturated heterocycles. The number of amides is 1. The van der Waals surface area contributed by atoms with Gasteiger partial charge in [-0.2, -0.15) is 13.9 Å². The average Bonchev–Trinajstić information content (AvgIpc) is 2.78. The number of halogens is 2. The van der Waals surface area contributed by atoms with Crippen molar-refractivity contribution in [2.75, 3.05) is 0 Å². The molecule has 2 N–H and O–H groups in total. The highest BCUT2D eigenvalue weighted by atomic mass is 19.3. The number of nitrogens with two attached hydrogens (primary N) is 1. The van der Waals surface area contributed by atoms with E-state index in [-0.39, 0.29) is 12.0 Å². The zero-order chi connectivity index (χ0) is 13.1. The van der Waals surface area contributed by atoms with Crippen LogP contribution in [-0.2, 0) is 4.74 Å². The van der Waals surface area contributed by atoms with Gasteiger partial charge >= 0.3 is 12.6 Å². The van der Waals surface area contributed by atoms with E-state index in [9.17, 15) is 13.6 Å². The molecule has 1 amide bonds. The Kier molecular flexibility index (Phi) is 3.78. The number of primary amides is 1. The smallest absolute Gasteiger partial charge is 0.404 e. The van der Waals surface area contributed by atoms with Crippen LogP contribution in [-0.4, -0.2) is 22.0 Å². The molecule has 1 heterocycles. The molecule has 0 bridgehead atoms. The number of hydrogen-bond donors (Lipinski definition) is 1. The minimum Gasteiger partial charge on any atom is -0.446 e. The second kappa shape index (κ2) is 5.32. The first-order chi connectivity index (χ1) is 8.56. The van der Waals surface area contributed by atoms with Gasteiger partial charge in [0.1, 0.15) is 6.10 Å². The molecule has 0 aliphatic heterocycles. The maximum absolute atomic E-state index is 12.4. The molecule has 2 rings (SSSR count). The Morgan fingerprint density at radius 2 is 2.11 bits per heavy atom. The monoisotopic (exact) mass is 259 g/mol. The van der Waals surface area contributed by atoms with Gasteiger partial charge in [0.05, 0.1) is 5.69 Å². The molecule has 1 aromatic rings. The van der Waals surface area contributed by atoms with Crippen LogP contribution in [0.5, 0.6) is 0 Å². The minimum absolute atomic E-state index is 0.151. The highest BCUT2D eigenvalue weighted by Crippen LogP contribution is 2.33. The number of hydrogen-bond acceptors (Lipinski definition) is 3. The fourth-order valence-electron chi connectivity index (χ4n) is 2.32. The molecule has 1 aromatic heterocycles. The molecule has 7 heteroatoms. The number of ether oxygens (including phenoxy) is 1. The number of alkyl halides is 2. The normalized spacial score (nSPS) is 24.2. The van der Waals surface area contributed by atoms with Gasteiger partial charge < -0.3 is 10.5 Å². The molecule has 1 fully saturated rings. The van der Waals surface area contributed by atoms with Crippen molar-refractivity contribution in [3.8, 4) is 0 Å². The van der Waals surface area contributed by atoms with E-state index in [2.05, 4.69) is 5.10 Å². The Morgan fingerprint density at radius 1 is 1.44 bits per heavy atom. The Morgan fingerprint density at radius 3 is 2.61 bits per heavy atom. The zero-order valence-electron chi connectivity index (χ0n) is 9.76. The second-order valence-electron chi connectivity index (χ2n) is 4.41. The van der Waals surface area contributed by atoms with E-state index in [0.717, 1.165) is 12.8 Å². The Labute approximate surface area is 103 Å². The van der Waals surface area contributed by atoms with Gasteiger partial charge in [-0.1, -0.05) is 0 Å². The third-order valence-corrected chi connectivity index (χ3v) is 3.20.